The van der Waals surface area contributed by atoms with E-state index in [0.29, 0.717) is 12.4 Å². The van der Waals surface area contributed by atoms with Crippen LogP contribution in [0.1, 0.15) is 12.5 Å². The smallest absolute Gasteiger partial charge is 0.220 e. The monoisotopic (exact) mass is 265 g/mol. The summed E-state index contributed by atoms with van der Waals surface area (Å²) in [5.74, 6) is 0.348. The van der Waals surface area contributed by atoms with E-state index in [-0.39, 0.29) is 11.1 Å². The molecular weight excluding hydrogens is 253 g/mol. The first-order valence-electron chi connectivity index (χ1n) is 5.53. The van der Waals surface area contributed by atoms with Gasteiger partial charge in [0, 0.05) is 5.69 Å². The molecule has 3 nitrogen and oxygen atoms in total. The standard InChI is InChI=1S/C13H13ClFN3/c1-8-5-12(18-13(14)16-7-8)17-11-4-3-10(15)6-9(11)2/h3-6H,7H2,1-2H3,(H,16,17,18). The highest BCUT2D eigenvalue weighted by Crippen LogP contribution is 2.16. The van der Waals surface area contributed by atoms with Crippen molar-refractivity contribution in [2.75, 3.05) is 11.9 Å². The van der Waals surface area contributed by atoms with Crippen molar-refractivity contribution in [3.8, 4) is 0 Å². The van der Waals surface area contributed by atoms with Crippen LogP contribution < -0.4 is 5.32 Å². The van der Waals surface area contributed by atoms with Crippen LogP contribution >= 0.6 is 11.6 Å². The van der Waals surface area contributed by atoms with Crippen LogP contribution in [0.15, 0.2) is 39.8 Å². The largest absolute Gasteiger partial charge is 0.340 e. The molecule has 1 N–H and O–H groups in total. The molecule has 0 aromatic heterocycles. The second-order valence-electron chi connectivity index (χ2n) is 4.16. The minimum Gasteiger partial charge on any atom is -0.340 e. The average molecular weight is 266 g/mol. The number of hydrogen-bond donors (Lipinski definition) is 1. The maximum Gasteiger partial charge on any atom is 0.220 e. The Balaban J connectivity index is 2.28. The number of rotatable bonds is 1. The SMILES string of the molecule is CC1=CC(Nc2ccc(F)cc2C)=NC(Cl)=NC1. The number of hydrogen-bond acceptors (Lipinski definition) is 3. The first-order valence-corrected chi connectivity index (χ1v) is 5.91. The van der Waals surface area contributed by atoms with Gasteiger partial charge in [-0.25, -0.2) is 9.38 Å². The molecule has 0 aliphatic carbocycles. The number of amidine groups is 2. The first kappa shape index (κ1) is 12.8. The van der Waals surface area contributed by atoms with E-state index >= 15 is 0 Å². The molecule has 1 heterocycles. The van der Waals surface area contributed by atoms with Crippen LogP contribution in [-0.4, -0.2) is 17.7 Å². The zero-order valence-corrected chi connectivity index (χ0v) is 10.9. The number of halogens is 2. The normalized spacial score (nSPS) is 15.4. The van der Waals surface area contributed by atoms with Crippen molar-refractivity contribution in [1.29, 1.82) is 0 Å². The topological polar surface area (TPSA) is 36.8 Å². The maximum absolute atomic E-state index is 13.0. The van der Waals surface area contributed by atoms with Gasteiger partial charge in [-0.15, -0.1) is 0 Å². The Bertz CT molecular complexity index is 561. The van der Waals surface area contributed by atoms with Gasteiger partial charge in [-0.05, 0) is 60.9 Å². The molecular formula is C13H13ClFN3. The third-order valence-electron chi connectivity index (χ3n) is 2.51. The minimum absolute atomic E-state index is 0.213. The van der Waals surface area contributed by atoms with Gasteiger partial charge in [-0.3, -0.25) is 4.99 Å². The Labute approximate surface area is 110 Å². The van der Waals surface area contributed by atoms with Gasteiger partial charge in [0.25, 0.3) is 0 Å². The molecule has 0 fully saturated rings. The van der Waals surface area contributed by atoms with Gasteiger partial charge in [-0.2, -0.15) is 0 Å². The highest BCUT2D eigenvalue weighted by Gasteiger charge is 2.06. The highest BCUT2D eigenvalue weighted by atomic mass is 35.5. The third kappa shape index (κ3) is 3.17. The van der Waals surface area contributed by atoms with Gasteiger partial charge < -0.3 is 5.32 Å². The summed E-state index contributed by atoms with van der Waals surface area (Å²) in [5, 5.41) is 3.33. The molecule has 0 spiro atoms. The predicted molar refractivity (Wildman–Crippen MR) is 74.1 cm³/mol. The molecule has 0 bridgehead atoms. The number of benzene rings is 1. The van der Waals surface area contributed by atoms with Crippen molar-refractivity contribution in [3.05, 3.63) is 41.2 Å². The maximum atomic E-state index is 13.0. The molecule has 1 aliphatic rings. The van der Waals surface area contributed by atoms with Gasteiger partial charge in [0.1, 0.15) is 11.7 Å². The Kier molecular flexibility index (Phi) is 3.77. The van der Waals surface area contributed by atoms with Gasteiger partial charge in [0.15, 0.2) is 0 Å². The van der Waals surface area contributed by atoms with Crippen molar-refractivity contribution in [3.63, 3.8) is 0 Å². The number of aliphatic imine (C=N–C) groups is 2. The van der Waals surface area contributed by atoms with Crippen molar-refractivity contribution in [1.82, 2.24) is 0 Å². The summed E-state index contributed by atoms with van der Waals surface area (Å²) >= 11 is 5.84. The van der Waals surface area contributed by atoms with Gasteiger partial charge >= 0.3 is 0 Å². The molecule has 1 aromatic carbocycles. The van der Waals surface area contributed by atoms with Crippen LogP contribution in [0, 0.1) is 12.7 Å². The van der Waals surface area contributed by atoms with E-state index < -0.39 is 0 Å². The predicted octanol–water partition coefficient (Wildman–Crippen LogP) is 3.50. The van der Waals surface area contributed by atoms with E-state index in [1.807, 2.05) is 19.9 Å². The lowest BCUT2D eigenvalue weighted by Gasteiger charge is -2.09. The lowest BCUT2D eigenvalue weighted by Crippen LogP contribution is -2.11. The summed E-state index contributed by atoms with van der Waals surface area (Å²) in [5.41, 5.74) is 2.66. The fourth-order valence-electron chi connectivity index (χ4n) is 1.61. The second kappa shape index (κ2) is 5.31. The number of nitrogens with one attached hydrogen (secondary N) is 1. The lowest BCUT2D eigenvalue weighted by atomic mass is 10.2. The molecule has 18 heavy (non-hydrogen) atoms. The van der Waals surface area contributed by atoms with Crippen molar-refractivity contribution in [2.24, 2.45) is 9.98 Å². The Morgan fingerprint density at radius 1 is 1.33 bits per heavy atom. The fraction of sp³-hybridized carbons (Fsp3) is 0.231. The summed E-state index contributed by atoms with van der Waals surface area (Å²) in [6, 6.07) is 4.54. The van der Waals surface area contributed by atoms with Crippen LogP contribution in [0.2, 0.25) is 0 Å². The van der Waals surface area contributed by atoms with Gasteiger partial charge in [-0.1, -0.05) is 0 Å². The van der Waals surface area contributed by atoms with Crippen molar-refractivity contribution < 1.29 is 4.39 Å². The molecule has 1 aliphatic heterocycles. The molecule has 5 heteroatoms. The molecule has 0 amide bonds. The fourth-order valence-corrected chi connectivity index (χ4v) is 1.76. The summed E-state index contributed by atoms with van der Waals surface area (Å²) < 4.78 is 13.0. The summed E-state index contributed by atoms with van der Waals surface area (Å²) in [7, 11) is 0. The number of aryl methyl sites for hydroxylation is 1. The van der Waals surface area contributed by atoms with Crippen LogP contribution in [-0.2, 0) is 0 Å². The molecule has 0 atom stereocenters. The molecule has 2 rings (SSSR count). The Hall–Kier alpha value is -1.68. The number of anilines is 1. The van der Waals surface area contributed by atoms with E-state index in [4.69, 9.17) is 11.6 Å². The quantitative estimate of drug-likeness (QED) is 0.775. The molecule has 0 radical (unpaired) electrons. The van der Waals surface area contributed by atoms with E-state index in [2.05, 4.69) is 15.3 Å². The minimum atomic E-state index is -0.257. The van der Waals surface area contributed by atoms with Crippen LogP contribution in [0.4, 0.5) is 10.1 Å². The van der Waals surface area contributed by atoms with Crippen molar-refractivity contribution >= 4 is 28.4 Å². The first-order chi connectivity index (χ1) is 8.54. The summed E-state index contributed by atoms with van der Waals surface area (Å²) in [6.45, 7) is 4.32. The summed E-state index contributed by atoms with van der Waals surface area (Å²) in [4.78, 5) is 8.20. The van der Waals surface area contributed by atoms with Crippen LogP contribution in [0.5, 0.6) is 0 Å². The lowest BCUT2D eigenvalue weighted by molar-refractivity contribution is 0.627. The second-order valence-corrected chi connectivity index (χ2v) is 4.50. The molecule has 94 valence electrons. The van der Waals surface area contributed by atoms with Gasteiger partial charge in [0.05, 0.1) is 6.54 Å². The molecule has 0 saturated heterocycles. The Morgan fingerprint density at radius 2 is 2.11 bits per heavy atom. The third-order valence-corrected chi connectivity index (χ3v) is 2.71. The van der Waals surface area contributed by atoms with E-state index in [0.717, 1.165) is 16.8 Å². The zero-order valence-electron chi connectivity index (χ0n) is 10.2. The number of nitrogens with zero attached hydrogens (tertiary/aromatic N) is 2. The molecule has 1 aromatic rings. The van der Waals surface area contributed by atoms with Gasteiger partial charge in [0.2, 0.25) is 5.29 Å². The van der Waals surface area contributed by atoms with E-state index in [1.54, 1.807) is 6.07 Å². The zero-order chi connectivity index (χ0) is 13.1. The van der Waals surface area contributed by atoms with Crippen LogP contribution in [0.3, 0.4) is 0 Å². The molecule has 0 saturated carbocycles. The van der Waals surface area contributed by atoms with Crippen molar-refractivity contribution in [2.45, 2.75) is 13.8 Å². The molecule has 0 unspecified atom stereocenters. The average Bonchev–Trinajstić information content (AvgIpc) is 2.44. The van der Waals surface area contributed by atoms with E-state index in [1.165, 1.54) is 12.1 Å². The highest BCUT2D eigenvalue weighted by molar-refractivity contribution is 6.65. The van der Waals surface area contributed by atoms with E-state index in [9.17, 15) is 4.39 Å². The summed E-state index contributed by atoms with van der Waals surface area (Å²) in [6.07, 6.45) is 1.88. The Morgan fingerprint density at radius 3 is 2.83 bits per heavy atom. The van der Waals surface area contributed by atoms with Crippen LogP contribution in [0.25, 0.3) is 0 Å².